The molecular formula is C13H18N6O. The minimum Gasteiger partial charge on any atom is -0.336 e. The van der Waals surface area contributed by atoms with Crippen LogP contribution in [0.4, 0.5) is 0 Å². The molecule has 7 nitrogen and oxygen atoms in total. The van der Waals surface area contributed by atoms with Gasteiger partial charge in [-0.25, -0.2) is 9.50 Å². The van der Waals surface area contributed by atoms with Crippen molar-refractivity contribution in [2.75, 3.05) is 32.7 Å². The number of likely N-dealkylation sites (N-methyl/N-ethyl adjacent to an activating group) is 1. The fraction of sp³-hybridized carbons (Fsp3) is 0.538. The third-order valence-corrected chi connectivity index (χ3v) is 3.88. The van der Waals surface area contributed by atoms with Gasteiger partial charge in [0.25, 0.3) is 11.7 Å². The summed E-state index contributed by atoms with van der Waals surface area (Å²) in [6.07, 6.45) is 3.05. The van der Waals surface area contributed by atoms with Crippen molar-refractivity contribution in [1.29, 1.82) is 0 Å². The van der Waals surface area contributed by atoms with Gasteiger partial charge in [-0.3, -0.25) is 4.79 Å². The van der Waals surface area contributed by atoms with E-state index in [1.165, 1.54) is 6.33 Å². The molecule has 0 bridgehead atoms. The zero-order valence-corrected chi connectivity index (χ0v) is 11.8. The summed E-state index contributed by atoms with van der Waals surface area (Å²) in [7, 11) is 0. The standard InChI is InChI=1S/C13H18N6O/c1-3-17-4-6-18(7-5-17)12(20)11-8-14-13-15-9-16-19(13)10(11)2/h8-9H,3-7H2,1-2H3. The number of carbonyl (C=O) groups is 1. The van der Waals surface area contributed by atoms with E-state index in [9.17, 15) is 4.79 Å². The van der Waals surface area contributed by atoms with E-state index in [1.807, 2.05) is 11.8 Å². The number of carbonyl (C=O) groups excluding carboxylic acids is 1. The maximum absolute atomic E-state index is 12.6. The molecule has 0 aromatic carbocycles. The van der Waals surface area contributed by atoms with Gasteiger partial charge in [-0.1, -0.05) is 6.92 Å². The first-order valence-electron chi connectivity index (χ1n) is 6.87. The molecule has 0 atom stereocenters. The Bertz CT molecular complexity index is 629. The summed E-state index contributed by atoms with van der Waals surface area (Å²) < 4.78 is 1.61. The lowest BCUT2D eigenvalue weighted by Gasteiger charge is -2.34. The highest BCUT2D eigenvalue weighted by molar-refractivity contribution is 5.95. The van der Waals surface area contributed by atoms with Crippen molar-refractivity contribution in [3.8, 4) is 0 Å². The van der Waals surface area contributed by atoms with Crippen molar-refractivity contribution in [2.24, 2.45) is 0 Å². The Kier molecular flexibility index (Phi) is 3.35. The van der Waals surface area contributed by atoms with Crippen LogP contribution in [0, 0.1) is 6.92 Å². The summed E-state index contributed by atoms with van der Waals surface area (Å²) in [5, 5.41) is 4.10. The lowest BCUT2D eigenvalue weighted by atomic mass is 10.2. The van der Waals surface area contributed by atoms with E-state index in [2.05, 4.69) is 26.9 Å². The molecule has 1 saturated heterocycles. The molecule has 3 rings (SSSR count). The molecule has 0 radical (unpaired) electrons. The van der Waals surface area contributed by atoms with Crippen molar-refractivity contribution in [3.63, 3.8) is 0 Å². The molecule has 2 aromatic rings. The highest BCUT2D eigenvalue weighted by Gasteiger charge is 2.23. The number of aromatic nitrogens is 4. The molecule has 7 heteroatoms. The first kappa shape index (κ1) is 13.0. The highest BCUT2D eigenvalue weighted by Crippen LogP contribution is 2.12. The number of rotatable bonds is 2. The Hall–Kier alpha value is -2.02. The minimum atomic E-state index is 0.0307. The van der Waals surface area contributed by atoms with Gasteiger partial charge in [-0.05, 0) is 13.5 Å². The van der Waals surface area contributed by atoms with Crippen molar-refractivity contribution in [1.82, 2.24) is 29.4 Å². The smallest absolute Gasteiger partial charge is 0.257 e. The summed E-state index contributed by atoms with van der Waals surface area (Å²) in [5.74, 6) is 0.554. The molecule has 1 amide bonds. The Labute approximate surface area is 117 Å². The van der Waals surface area contributed by atoms with E-state index in [0.717, 1.165) is 38.4 Å². The highest BCUT2D eigenvalue weighted by atomic mass is 16.2. The molecule has 0 saturated carbocycles. The average Bonchev–Trinajstić information content (AvgIpc) is 2.96. The molecule has 1 aliphatic rings. The fourth-order valence-electron chi connectivity index (χ4n) is 2.54. The predicted octanol–water partition coefficient (Wildman–Crippen LogP) is 0.210. The van der Waals surface area contributed by atoms with Gasteiger partial charge in [0.2, 0.25) is 0 Å². The van der Waals surface area contributed by atoms with Gasteiger partial charge in [0.15, 0.2) is 0 Å². The maximum atomic E-state index is 12.6. The molecule has 1 aliphatic heterocycles. The molecule has 2 aromatic heterocycles. The summed E-state index contributed by atoms with van der Waals surface area (Å²) in [5.41, 5.74) is 1.39. The van der Waals surface area contributed by atoms with Gasteiger partial charge in [-0.15, -0.1) is 0 Å². The molecule has 0 spiro atoms. The monoisotopic (exact) mass is 274 g/mol. The molecule has 0 N–H and O–H groups in total. The summed E-state index contributed by atoms with van der Waals surface area (Å²) >= 11 is 0. The minimum absolute atomic E-state index is 0.0307. The number of hydrogen-bond donors (Lipinski definition) is 0. The van der Waals surface area contributed by atoms with Crippen molar-refractivity contribution >= 4 is 11.7 Å². The van der Waals surface area contributed by atoms with Crippen LogP contribution in [0.2, 0.25) is 0 Å². The van der Waals surface area contributed by atoms with E-state index in [1.54, 1.807) is 10.7 Å². The quantitative estimate of drug-likeness (QED) is 0.783. The van der Waals surface area contributed by atoms with Gasteiger partial charge in [-0.2, -0.15) is 10.1 Å². The Balaban J connectivity index is 1.84. The normalized spacial score (nSPS) is 16.8. The predicted molar refractivity (Wildman–Crippen MR) is 73.5 cm³/mol. The van der Waals surface area contributed by atoms with Crippen LogP contribution in [-0.2, 0) is 0 Å². The molecule has 106 valence electrons. The Morgan fingerprint density at radius 3 is 2.70 bits per heavy atom. The van der Waals surface area contributed by atoms with Crippen LogP contribution in [0.1, 0.15) is 23.0 Å². The molecule has 20 heavy (non-hydrogen) atoms. The zero-order valence-electron chi connectivity index (χ0n) is 11.8. The zero-order chi connectivity index (χ0) is 14.1. The number of aryl methyl sites for hydroxylation is 1. The fourth-order valence-corrected chi connectivity index (χ4v) is 2.54. The van der Waals surface area contributed by atoms with Crippen LogP contribution in [0.15, 0.2) is 12.5 Å². The maximum Gasteiger partial charge on any atom is 0.257 e. The van der Waals surface area contributed by atoms with Crippen molar-refractivity contribution in [2.45, 2.75) is 13.8 Å². The average molecular weight is 274 g/mol. The molecular weight excluding hydrogens is 256 g/mol. The van der Waals surface area contributed by atoms with Crippen molar-refractivity contribution < 1.29 is 4.79 Å². The van der Waals surface area contributed by atoms with E-state index >= 15 is 0 Å². The molecule has 0 unspecified atom stereocenters. The second-order valence-corrected chi connectivity index (χ2v) is 4.96. The van der Waals surface area contributed by atoms with Gasteiger partial charge in [0, 0.05) is 32.4 Å². The lowest BCUT2D eigenvalue weighted by molar-refractivity contribution is 0.0641. The Morgan fingerprint density at radius 2 is 2.00 bits per heavy atom. The van der Waals surface area contributed by atoms with Gasteiger partial charge >= 0.3 is 0 Å². The van der Waals surface area contributed by atoms with Crippen LogP contribution >= 0.6 is 0 Å². The van der Waals surface area contributed by atoms with E-state index in [4.69, 9.17) is 0 Å². The third kappa shape index (κ3) is 2.14. The molecule has 0 aliphatic carbocycles. The first-order valence-corrected chi connectivity index (χ1v) is 6.87. The summed E-state index contributed by atoms with van der Waals surface area (Å²) in [6.45, 7) is 8.44. The summed E-state index contributed by atoms with van der Waals surface area (Å²) in [4.78, 5) is 25.0. The number of hydrogen-bond acceptors (Lipinski definition) is 5. The van der Waals surface area contributed by atoms with E-state index in [0.29, 0.717) is 11.3 Å². The summed E-state index contributed by atoms with van der Waals surface area (Å²) in [6, 6.07) is 0. The van der Waals surface area contributed by atoms with Gasteiger partial charge in [0.1, 0.15) is 6.33 Å². The first-order chi connectivity index (χ1) is 9.70. The van der Waals surface area contributed by atoms with E-state index < -0.39 is 0 Å². The van der Waals surface area contributed by atoms with Crippen molar-refractivity contribution in [3.05, 3.63) is 23.8 Å². The van der Waals surface area contributed by atoms with Crippen LogP contribution in [-0.4, -0.2) is 68.0 Å². The number of nitrogens with zero attached hydrogens (tertiary/aromatic N) is 6. The van der Waals surface area contributed by atoms with Crippen LogP contribution in [0.5, 0.6) is 0 Å². The number of fused-ring (bicyclic) bond motifs is 1. The third-order valence-electron chi connectivity index (χ3n) is 3.88. The van der Waals surface area contributed by atoms with Crippen LogP contribution < -0.4 is 0 Å². The second kappa shape index (κ2) is 5.16. The SMILES string of the molecule is CCN1CCN(C(=O)c2cnc3ncnn3c2C)CC1. The Morgan fingerprint density at radius 1 is 1.25 bits per heavy atom. The lowest BCUT2D eigenvalue weighted by Crippen LogP contribution is -2.48. The number of piperazine rings is 1. The topological polar surface area (TPSA) is 66.6 Å². The number of amides is 1. The van der Waals surface area contributed by atoms with Gasteiger partial charge < -0.3 is 9.80 Å². The molecule has 1 fully saturated rings. The van der Waals surface area contributed by atoms with Gasteiger partial charge in [0.05, 0.1) is 11.3 Å². The van der Waals surface area contributed by atoms with Crippen LogP contribution in [0.3, 0.4) is 0 Å². The second-order valence-electron chi connectivity index (χ2n) is 4.96. The van der Waals surface area contributed by atoms with E-state index in [-0.39, 0.29) is 5.91 Å². The largest absolute Gasteiger partial charge is 0.336 e. The molecule has 3 heterocycles. The van der Waals surface area contributed by atoms with Crippen LogP contribution in [0.25, 0.3) is 5.78 Å².